The second-order valence-corrected chi connectivity index (χ2v) is 8.20. The Morgan fingerprint density at radius 3 is 2.45 bits per heavy atom. The molecule has 158 valence electrons. The summed E-state index contributed by atoms with van der Waals surface area (Å²) in [5.41, 5.74) is 10.5. The molecular formula is C24H21F2N3O2. The molecule has 3 aromatic carbocycles. The summed E-state index contributed by atoms with van der Waals surface area (Å²) >= 11 is 0. The van der Waals surface area contributed by atoms with Crippen molar-refractivity contribution in [2.75, 3.05) is 18.2 Å². The van der Waals surface area contributed by atoms with E-state index in [-0.39, 0.29) is 36.4 Å². The molecule has 0 aliphatic carbocycles. The molecular weight excluding hydrogens is 400 g/mol. The molecule has 0 radical (unpaired) electrons. The van der Waals surface area contributed by atoms with E-state index in [1.54, 1.807) is 6.07 Å². The first kappa shape index (κ1) is 18.6. The molecule has 3 unspecified atom stereocenters. The van der Waals surface area contributed by atoms with Gasteiger partial charge in [-0.1, -0.05) is 30.3 Å². The Bertz CT molecular complexity index is 1140. The summed E-state index contributed by atoms with van der Waals surface area (Å²) in [6, 6.07) is 17.5. The molecule has 6 rings (SSSR count). The van der Waals surface area contributed by atoms with Crippen LogP contribution in [-0.4, -0.2) is 13.3 Å². The number of nitrogens with one attached hydrogen (secondary N) is 2. The molecule has 1 saturated heterocycles. The molecule has 3 aliphatic rings. The molecule has 2 N–H and O–H groups in total. The standard InChI is InChI=1S/C24H21F2N3O2/c25-16-7-5-14(6-8-16)23-18-12-29(11-15-3-1-2-4-19(15)26)20-10-22-21(30-13-31-22)9-17(20)24(18)28-27-23/h1-10,18,23-24,27-28H,11-13H2. The topological polar surface area (TPSA) is 45.8 Å². The van der Waals surface area contributed by atoms with Crippen molar-refractivity contribution < 1.29 is 18.3 Å². The van der Waals surface area contributed by atoms with Crippen molar-refractivity contribution in [3.63, 3.8) is 0 Å². The third-order valence-corrected chi connectivity index (χ3v) is 6.43. The Morgan fingerprint density at radius 2 is 1.65 bits per heavy atom. The lowest BCUT2D eigenvalue weighted by atomic mass is 9.81. The average molecular weight is 421 g/mol. The van der Waals surface area contributed by atoms with Gasteiger partial charge in [-0.05, 0) is 35.4 Å². The SMILES string of the molecule is Fc1ccc(C2NNC3c4cc5c(cc4N(Cc4ccccc4F)CC23)OCO5)cc1. The predicted octanol–water partition coefficient (Wildman–Crippen LogP) is 4.22. The number of rotatable bonds is 3. The Morgan fingerprint density at radius 1 is 0.903 bits per heavy atom. The first-order chi connectivity index (χ1) is 15.2. The number of ether oxygens (including phenoxy) is 2. The second kappa shape index (κ2) is 7.21. The normalized spacial score (nSPS) is 23.5. The minimum Gasteiger partial charge on any atom is -0.454 e. The molecule has 0 amide bonds. The van der Waals surface area contributed by atoms with E-state index in [4.69, 9.17) is 9.47 Å². The van der Waals surface area contributed by atoms with Crippen molar-refractivity contribution in [1.82, 2.24) is 10.9 Å². The van der Waals surface area contributed by atoms with Crippen LogP contribution in [0.1, 0.15) is 28.8 Å². The number of hydrogen-bond acceptors (Lipinski definition) is 5. The van der Waals surface area contributed by atoms with Gasteiger partial charge in [-0.25, -0.2) is 19.6 Å². The molecule has 5 nitrogen and oxygen atoms in total. The molecule has 0 saturated carbocycles. The zero-order chi connectivity index (χ0) is 20.9. The highest BCUT2D eigenvalue weighted by Crippen LogP contribution is 2.49. The van der Waals surface area contributed by atoms with E-state index in [0.29, 0.717) is 24.4 Å². The predicted molar refractivity (Wildman–Crippen MR) is 112 cm³/mol. The van der Waals surface area contributed by atoms with Crippen molar-refractivity contribution in [2.24, 2.45) is 5.92 Å². The number of benzene rings is 3. The molecule has 3 heterocycles. The lowest BCUT2D eigenvalue weighted by Crippen LogP contribution is -2.39. The summed E-state index contributed by atoms with van der Waals surface area (Å²) in [6.45, 7) is 1.34. The van der Waals surface area contributed by atoms with Crippen LogP contribution in [0.25, 0.3) is 0 Å². The first-order valence-electron chi connectivity index (χ1n) is 10.4. The van der Waals surface area contributed by atoms with Crippen LogP contribution in [0.5, 0.6) is 11.5 Å². The highest BCUT2D eigenvalue weighted by molar-refractivity contribution is 5.66. The summed E-state index contributed by atoms with van der Waals surface area (Å²) in [6.07, 6.45) is 0. The Labute approximate surface area is 178 Å². The van der Waals surface area contributed by atoms with E-state index in [9.17, 15) is 8.78 Å². The maximum atomic E-state index is 14.5. The van der Waals surface area contributed by atoms with E-state index >= 15 is 0 Å². The molecule has 31 heavy (non-hydrogen) atoms. The monoisotopic (exact) mass is 421 g/mol. The summed E-state index contributed by atoms with van der Waals surface area (Å²) in [5, 5.41) is 0. The van der Waals surface area contributed by atoms with Gasteiger partial charge in [0.1, 0.15) is 11.6 Å². The quantitative estimate of drug-likeness (QED) is 0.663. The van der Waals surface area contributed by atoms with Gasteiger partial charge < -0.3 is 14.4 Å². The summed E-state index contributed by atoms with van der Waals surface area (Å²) < 4.78 is 39.1. The van der Waals surface area contributed by atoms with Gasteiger partial charge in [-0.3, -0.25) is 0 Å². The smallest absolute Gasteiger partial charge is 0.231 e. The van der Waals surface area contributed by atoms with Crippen LogP contribution in [0, 0.1) is 17.6 Å². The van der Waals surface area contributed by atoms with Gasteiger partial charge in [0.25, 0.3) is 0 Å². The number of fused-ring (bicyclic) bond motifs is 4. The maximum Gasteiger partial charge on any atom is 0.231 e. The van der Waals surface area contributed by atoms with Crippen molar-refractivity contribution >= 4 is 5.69 Å². The van der Waals surface area contributed by atoms with Crippen LogP contribution < -0.4 is 25.2 Å². The molecule has 3 atom stereocenters. The number of halogens is 2. The van der Waals surface area contributed by atoms with Gasteiger partial charge in [-0.2, -0.15) is 0 Å². The number of nitrogens with zero attached hydrogens (tertiary/aromatic N) is 1. The minimum absolute atomic E-state index is 0.00714. The molecule has 0 bridgehead atoms. The highest BCUT2D eigenvalue weighted by atomic mass is 19.1. The van der Waals surface area contributed by atoms with Gasteiger partial charge in [0.05, 0.1) is 12.1 Å². The van der Waals surface area contributed by atoms with E-state index in [1.807, 2.05) is 36.4 Å². The van der Waals surface area contributed by atoms with Crippen LogP contribution in [0.2, 0.25) is 0 Å². The van der Waals surface area contributed by atoms with Crippen molar-refractivity contribution in [2.45, 2.75) is 18.6 Å². The number of hydrazine groups is 1. The molecule has 7 heteroatoms. The van der Waals surface area contributed by atoms with E-state index in [0.717, 1.165) is 22.6 Å². The third kappa shape index (κ3) is 3.12. The van der Waals surface area contributed by atoms with Crippen LogP contribution >= 0.6 is 0 Å². The van der Waals surface area contributed by atoms with Crippen LogP contribution in [0.3, 0.4) is 0 Å². The third-order valence-electron chi connectivity index (χ3n) is 6.43. The van der Waals surface area contributed by atoms with E-state index in [2.05, 4.69) is 15.8 Å². The Hall–Kier alpha value is -3.16. The molecule has 3 aromatic rings. The first-order valence-corrected chi connectivity index (χ1v) is 10.4. The largest absolute Gasteiger partial charge is 0.454 e. The Balaban J connectivity index is 1.41. The van der Waals surface area contributed by atoms with Gasteiger partial charge in [-0.15, -0.1) is 0 Å². The van der Waals surface area contributed by atoms with Crippen molar-refractivity contribution in [3.8, 4) is 11.5 Å². The van der Waals surface area contributed by atoms with E-state index in [1.165, 1.54) is 18.2 Å². The fourth-order valence-corrected chi connectivity index (χ4v) is 4.91. The van der Waals surface area contributed by atoms with Gasteiger partial charge in [0.2, 0.25) is 6.79 Å². The van der Waals surface area contributed by atoms with Crippen LogP contribution in [0.15, 0.2) is 60.7 Å². The number of hydrogen-bond donors (Lipinski definition) is 2. The molecule has 1 fully saturated rings. The molecule has 3 aliphatic heterocycles. The maximum absolute atomic E-state index is 14.5. The van der Waals surface area contributed by atoms with Crippen LogP contribution in [-0.2, 0) is 6.54 Å². The summed E-state index contributed by atoms with van der Waals surface area (Å²) in [4.78, 5) is 2.20. The van der Waals surface area contributed by atoms with Gasteiger partial charge in [0.15, 0.2) is 11.5 Å². The van der Waals surface area contributed by atoms with E-state index < -0.39 is 0 Å². The highest BCUT2D eigenvalue weighted by Gasteiger charge is 2.44. The molecule has 0 aromatic heterocycles. The summed E-state index contributed by atoms with van der Waals surface area (Å²) in [5.74, 6) is 1.11. The van der Waals surface area contributed by atoms with Crippen LogP contribution in [0.4, 0.5) is 14.5 Å². The fraction of sp³-hybridized carbons (Fsp3) is 0.250. The summed E-state index contributed by atoms with van der Waals surface area (Å²) in [7, 11) is 0. The lowest BCUT2D eigenvalue weighted by molar-refractivity contribution is 0.174. The zero-order valence-electron chi connectivity index (χ0n) is 16.6. The number of anilines is 1. The van der Waals surface area contributed by atoms with Gasteiger partial charge >= 0.3 is 0 Å². The second-order valence-electron chi connectivity index (χ2n) is 8.20. The van der Waals surface area contributed by atoms with Crippen molar-refractivity contribution in [3.05, 3.63) is 89.0 Å². The lowest BCUT2D eigenvalue weighted by Gasteiger charge is -2.39. The molecule has 0 spiro atoms. The minimum atomic E-state index is -0.255. The van der Waals surface area contributed by atoms with Crippen molar-refractivity contribution in [1.29, 1.82) is 0 Å². The average Bonchev–Trinajstić information content (AvgIpc) is 3.41. The Kier molecular flexibility index (Phi) is 4.33. The fourth-order valence-electron chi connectivity index (χ4n) is 4.91. The van der Waals surface area contributed by atoms with Gasteiger partial charge in [0, 0.05) is 36.3 Å². The zero-order valence-corrected chi connectivity index (χ0v) is 16.6.